The summed E-state index contributed by atoms with van der Waals surface area (Å²) in [7, 11) is 0. The Morgan fingerprint density at radius 2 is 2.22 bits per heavy atom. The van der Waals surface area contributed by atoms with Gasteiger partial charge in [-0.1, -0.05) is 23.7 Å². The van der Waals surface area contributed by atoms with E-state index in [-0.39, 0.29) is 0 Å². The molecule has 0 aliphatic carbocycles. The van der Waals surface area contributed by atoms with Gasteiger partial charge in [-0.05, 0) is 12.1 Å². The predicted octanol–water partition coefficient (Wildman–Crippen LogP) is 3.48. The molecule has 18 heavy (non-hydrogen) atoms. The number of halogens is 1. The second-order valence-electron chi connectivity index (χ2n) is 3.58. The molecular formula is C13H11ClN2OS. The van der Waals surface area contributed by atoms with E-state index in [0.29, 0.717) is 23.8 Å². The molecule has 0 N–H and O–H groups in total. The van der Waals surface area contributed by atoms with Gasteiger partial charge in [0.15, 0.2) is 0 Å². The number of thiazole rings is 1. The van der Waals surface area contributed by atoms with Crippen LogP contribution in [0.2, 0.25) is 5.02 Å². The molecule has 1 aromatic heterocycles. The van der Waals surface area contributed by atoms with Gasteiger partial charge in [0.05, 0.1) is 29.1 Å². The molecule has 0 atom stereocenters. The van der Waals surface area contributed by atoms with Gasteiger partial charge in [-0.3, -0.25) is 0 Å². The van der Waals surface area contributed by atoms with Crippen LogP contribution in [0, 0.1) is 11.3 Å². The van der Waals surface area contributed by atoms with Crippen molar-refractivity contribution in [3.05, 3.63) is 45.4 Å². The minimum atomic E-state index is 0.420. The summed E-state index contributed by atoms with van der Waals surface area (Å²) < 4.78 is 5.58. The van der Waals surface area contributed by atoms with E-state index in [2.05, 4.69) is 11.1 Å². The lowest BCUT2D eigenvalue weighted by Crippen LogP contribution is -2.01. The highest BCUT2D eigenvalue weighted by Crippen LogP contribution is 2.23. The summed E-state index contributed by atoms with van der Waals surface area (Å²) in [6.07, 6.45) is 2.89. The molecule has 5 heteroatoms. The van der Waals surface area contributed by atoms with Gasteiger partial charge in [-0.15, -0.1) is 11.3 Å². The highest BCUT2D eigenvalue weighted by Gasteiger charge is 2.03. The molecule has 0 spiro atoms. The van der Waals surface area contributed by atoms with Gasteiger partial charge in [0.1, 0.15) is 5.75 Å². The molecule has 0 saturated carbocycles. The van der Waals surface area contributed by atoms with E-state index in [0.717, 1.165) is 16.3 Å². The highest BCUT2D eigenvalue weighted by molar-refractivity contribution is 7.11. The van der Waals surface area contributed by atoms with Gasteiger partial charge < -0.3 is 4.74 Å². The van der Waals surface area contributed by atoms with E-state index in [4.69, 9.17) is 21.6 Å². The van der Waals surface area contributed by atoms with E-state index < -0.39 is 0 Å². The molecule has 0 amide bonds. The number of nitrogens with zero attached hydrogens (tertiary/aromatic N) is 2. The Labute approximate surface area is 115 Å². The fourth-order valence-electron chi connectivity index (χ4n) is 1.43. The van der Waals surface area contributed by atoms with Crippen LogP contribution in [-0.4, -0.2) is 11.6 Å². The van der Waals surface area contributed by atoms with Gasteiger partial charge >= 0.3 is 0 Å². The average molecular weight is 279 g/mol. The first-order valence-electron chi connectivity index (χ1n) is 5.47. The van der Waals surface area contributed by atoms with Crippen LogP contribution in [0.1, 0.15) is 9.88 Å². The number of para-hydroxylation sites is 1. The van der Waals surface area contributed by atoms with Crippen LogP contribution >= 0.6 is 22.9 Å². The zero-order chi connectivity index (χ0) is 12.8. The summed E-state index contributed by atoms with van der Waals surface area (Å²) in [6, 6.07) is 9.49. The van der Waals surface area contributed by atoms with Crippen molar-refractivity contribution < 1.29 is 4.74 Å². The molecule has 0 aliphatic rings. The van der Waals surface area contributed by atoms with Crippen LogP contribution in [-0.2, 0) is 12.8 Å². The minimum absolute atomic E-state index is 0.420. The van der Waals surface area contributed by atoms with Gasteiger partial charge in [0.25, 0.3) is 0 Å². The lowest BCUT2D eigenvalue weighted by atomic mass is 10.3. The van der Waals surface area contributed by atoms with Gasteiger partial charge in [0.2, 0.25) is 0 Å². The van der Waals surface area contributed by atoms with Crippen LogP contribution in [0.3, 0.4) is 0 Å². The Kier molecular flexibility index (Phi) is 4.57. The monoisotopic (exact) mass is 278 g/mol. The summed E-state index contributed by atoms with van der Waals surface area (Å²) in [6.45, 7) is 0.531. The molecule has 2 rings (SSSR count). The molecule has 0 saturated heterocycles. The van der Waals surface area contributed by atoms with Crippen molar-refractivity contribution in [3.63, 3.8) is 0 Å². The number of benzene rings is 1. The van der Waals surface area contributed by atoms with E-state index in [1.165, 1.54) is 0 Å². The quantitative estimate of drug-likeness (QED) is 0.841. The maximum absolute atomic E-state index is 8.57. The fourth-order valence-corrected chi connectivity index (χ4v) is 2.46. The summed E-state index contributed by atoms with van der Waals surface area (Å²) in [5.74, 6) is 0.688. The summed E-state index contributed by atoms with van der Waals surface area (Å²) >= 11 is 7.53. The Morgan fingerprint density at radius 1 is 1.39 bits per heavy atom. The van der Waals surface area contributed by atoms with Crippen LogP contribution in [0.25, 0.3) is 0 Å². The maximum Gasteiger partial charge on any atom is 0.137 e. The second kappa shape index (κ2) is 6.39. The lowest BCUT2D eigenvalue weighted by molar-refractivity contribution is 0.322. The van der Waals surface area contributed by atoms with Crippen molar-refractivity contribution in [1.29, 1.82) is 5.26 Å². The van der Waals surface area contributed by atoms with Crippen molar-refractivity contribution in [2.24, 2.45) is 0 Å². The first-order chi connectivity index (χ1) is 8.79. The third kappa shape index (κ3) is 3.46. The van der Waals surface area contributed by atoms with Crippen molar-refractivity contribution in [2.45, 2.75) is 12.8 Å². The normalized spacial score (nSPS) is 10.0. The third-order valence-corrected chi connectivity index (χ3v) is 3.63. The second-order valence-corrected chi connectivity index (χ2v) is 5.19. The molecular weight excluding hydrogens is 268 g/mol. The molecule has 0 bridgehead atoms. The Bertz CT molecular complexity index is 562. The SMILES string of the molecule is N#CCc1cnc(CCOc2ccccc2Cl)s1. The van der Waals surface area contributed by atoms with Gasteiger partial charge in [0, 0.05) is 17.5 Å². The zero-order valence-electron chi connectivity index (χ0n) is 9.60. The molecule has 0 fully saturated rings. The molecule has 0 aliphatic heterocycles. The molecule has 0 unspecified atom stereocenters. The molecule has 1 heterocycles. The topological polar surface area (TPSA) is 45.9 Å². The third-order valence-electron chi connectivity index (χ3n) is 2.26. The van der Waals surface area contributed by atoms with E-state index in [1.54, 1.807) is 23.6 Å². The lowest BCUT2D eigenvalue weighted by Gasteiger charge is -2.05. The van der Waals surface area contributed by atoms with Crippen LogP contribution in [0.5, 0.6) is 5.75 Å². The van der Waals surface area contributed by atoms with E-state index in [1.807, 2.05) is 18.2 Å². The maximum atomic E-state index is 8.57. The van der Waals surface area contributed by atoms with E-state index >= 15 is 0 Å². The van der Waals surface area contributed by atoms with Gasteiger partial charge in [-0.25, -0.2) is 4.98 Å². The highest BCUT2D eigenvalue weighted by atomic mass is 35.5. The number of nitriles is 1. The van der Waals surface area contributed by atoms with Crippen molar-refractivity contribution in [2.75, 3.05) is 6.61 Å². The number of hydrogen-bond acceptors (Lipinski definition) is 4. The Morgan fingerprint density at radius 3 is 3.00 bits per heavy atom. The van der Waals surface area contributed by atoms with Gasteiger partial charge in [-0.2, -0.15) is 5.26 Å². The number of aromatic nitrogens is 1. The van der Waals surface area contributed by atoms with Crippen molar-refractivity contribution >= 4 is 22.9 Å². The summed E-state index contributed by atoms with van der Waals surface area (Å²) in [5, 5.41) is 10.2. The molecule has 0 radical (unpaired) electrons. The summed E-state index contributed by atoms with van der Waals surface area (Å²) in [4.78, 5) is 5.23. The number of rotatable bonds is 5. The van der Waals surface area contributed by atoms with Crippen molar-refractivity contribution in [1.82, 2.24) is 4.98 Å². The van der Waals surface area contributed by atoms with Crippen molar-refractivity contribution in [3.8, 4) is 11.8 Å². The van der Waals surface area contributed by atoms with Crippen LogP contribution < -0.4 is 4.74 Å². The molecule has 3 nitrogen and oxygen atoms in total. The minimum Gasteiger partial charge on any atom is -0.492 e. The Balaban J connectivity index is 1.85. The number of hydrogen-bond donors (Lipinski definition) is 0. The average Bonchev–Trinajstić information content (AvgIpc) is 2.80. The molecule has 92 valence electrons. The van der Waals surface area contributed by atoms with Crippen LogP contribution in [0.15, 0.2) is 30.5 Å². The Hall–Kier alpha value is -1.57. The van der Waals surface area contributed by atoms with E-state index in [9.17, 15) is 0 Å². The molecule has 1 aromatic carbocycles. The largest absolute Gasteiger partial charge is 0.492 e. The fraction of sp³-hybridized carbons (Fsp3) is 0.231. The predicted molar refractivity (Wildman–Crippen MR) is 72.1 cm³/mol. The number of ether oxygens (including phenoxy) is 1. The summed E-state index contributed by atoms with van der Waals surface area (Å²) in [5.41, 5.74) is 0. The smallest absolute Gasteiger partial charge is 0.137 e. The first-order valence-corrected chi connectivity index (χ1v) is 6.67. The standard InChI is InChI=1S/C13H11ClN2OS/c14-11-3-1-2-4-12(11)17-8-6-13-16-9-10(18-13)5-7-15/h1-4,9H,5-6,8H2. The zero-order valence-corrected chi connectivity index (χ0v) is 11.2. The first kappa shape index (κ1) is 12.9. The molecule has 2 aromatic rings. The van der Waals surface area contributed by atoms with Crippen LogP contribution in [0.4, 0.5) is 0 Å².